The number of rotatable bonds is 3. The van der Waals surface area contributed by atoms with Gasteiger partial charge in [-0.1, -0.05) is 0 Å². The average molecular weight is 209 g/mol. The molecule has 13 heavy (non-hydrogen) atoms. The number of carbonyl (C=O) groups excluding carboxylic acids is 1. The van der Waals surface area contributed by atoms with Gasteiger partial charge in [-0.15, -0.1) is 0 Å². The number of phosphoric ester groups is 1. The van der Waals surface area contributed by atoms with E-state index >= 15 is 0 Å². The van der Waals surface area contributed by atoms with Crippen molar-refractivity contribution in [3.05, 3.63) is 0 Å². The summed E-state index contributed by atoms with van der Waals surface area (Å²) >= 11 is 0. The Kier molecular flexibility index (Phi) is 3.44. The highest BCUT2D eigenvalue weighted by atomic mass is 31.2. The Hall–Kier alpha value is -0.420. The summed E-state index contributed by atoms with van der Waals surface area (Å²) < 4.78 is 14.5. The maximum absolute atomic E-state index is 11.1. The smallest absolute Gasteiger partial charge is 0.319 e. The summed E-state index contributed by atoms with van der Waals surface area (Å²) in [5.41, 5.74) is 0. The van der Waals surface area contributed by atoms with Crippen molar-refractivity contribution < 1.29 is 23.7 Å². The van der Waals surface area contributed by atoms with Gasteiger partial charge in [0.15, 0.2) is 0 Å². The van der Waals surface area contributed by atoms with E-state index in [9.17, 15) is 9.36 Å². The number of phosphoric acid groups is 1. The molecule has 0 aromatic rings. The summed E-state index contributed by atoms with van der Waals surface area (Å²) in [6, 6.07) is 0. The molecule has 7 heteroatoms. The number of likely N-dealkylation sites (tertiary alicyclic amines) is 1. The van der Waals surface area contributed by atoms with Crippen molar-refractivity contribution in [1.82, 2.24) is 4.90 Å². The lowest BCUT2D eigenvalue weighted by atomic mass is 10.1. The molecule has 1 rings (SSSR count). The van der Waals surface area contributed by atoms with Gasteiger partial charge in [0.2, 0.25) is 5.91 Å². The summed E-state index contributed by atoms with van der Waals surface area (Å²) in [7, 11) is -4.45. The van der Waals surface area contributed by atoms with Crippen molar-refractivity contribution in [2.24, 2.45) is 0 Å². The van der Waals surface area contributed by atoms with E-state index in [-0.39, 0.29) is 12.6 Å². The van der Waals surface area contributed by atoms with Crippen molar-refractivity contribution in [3.8, 4) is 0 Å². The Morgan fingerprint density at radius 2 is 2.15 bits per heavy atom. The van der Waals surface area contributed by atoms with Crippen LogP contribution in [0.15, 0.2) is 0 Å². The molecule has 0 radical (unpaired) electrons. The first-order valence-corrected chi connectivity index (χ1v) is 5.50. The lowest BCUT2D eigenvalue weighted by Gasteiger charge is -2.26. The quantitative estimate of drug-likeness (QED) is 0.642. The zero-order chi connectivity index (χ0) is 9.90. The first kappa shape index (κ1) is 10.7. The fourth-order valence-electron chi connectivity index (χ4n) is 1.14. The minimum absolute atomic E-state index is 0.111. The largest absolute Gasteiger partial charge is 0.471 e. The topological polar surface area (TPSA) is 87.1 Å². The molecule has 1 aliphatic heterocycles. The van der Waals surface area contributed by atoms with Gasteiger partial charge in [0, 0.05) is 13.0 Å². The van der Waals surface area contributed by atoms with Crippen LogP contribution in [-0.2, 0) is 13.9 Å². The molecule has 0 atom stereocenters. The van der Waals surface area contributed by atoms with Crippen LogP contribution in [0.5, 0.6) is 0 Å². The van der Waals surface area contributed by atoms with Crippen molar-refractivity contribution in [3.63, 3.8) is 0 Å². The molecular formula is C6H12NO5P. The predicted octanol–water partition coefficient (Wildman–Crippen LogP) is 0.0657. The molecule has 0 spiro atoms. The monoisotopic (exact) mass is 209 g/mol. The number of hydrogen-bond acceptors (Lipinski definition) is 3. The molecule has 1 amide bonds. The summed E-state index contributed by atoms with van der Waals surface area (Å²) in [6.07, 6.45) is 2.13. The third kappa shape index (κ3) is 3.87. The molecule has 2 N–H and O–H groups in total. The molecule has 0 aromatic heterocycles. The Bertz CT molecular complexity index is 237. The van der Waals surface area contributed by atoms with Crippen molar-refractivity contribution in [2.75, 3.05) is 13.3 Å². The van der Waals surface area contributed by atoms with Crippen LogP contribution in [0.1, 0.15) is 19.3 Å². The Labute approximate surface area is 75.7 Å². The standard InChI is InChI=1S/C6H12NO5P/c8-6-3-1-2-4-7(6)5-12-13(9,10)11/h1-5H2,(H2,9,10,11). The number of nitrogens with zero attached hydrogens (tertiary/aromatic N) is 1. The normalized spacial score (nSPS) is 19.2. The summed E-state index contributed by atoms with van der Waals surface area (Å²) in [5.74, 6) is -0.111. The Morgan fingerprint density at radius 3 is 2.69 bits per heavy atom. The molecule has 0 unspecified atom stereocenters. The maximum atomic E-state index is 11.1. The molecule has 1 heterocycles. The average Bonchev–Trinajstić information content (AvgIpc) is 2.01. The van der Waals surface area contributed by atoms with E-state index < -0.39 is 7.82 Å². The second kappa shape index (κ2) is 4.19. The van der Waals surface area contributed by atoms with E-state index in [1.165, 1.54) is 4.90 Å². The van der Waals surface area contributed by atoms with Gasteiger partial charge in [-0.25, -0.2) is 4.57 Å². The van der Waals surface area contributed by atoms with Gasteiger partial charge in [-0.2, -0.15) is 0 Å². The van der Waals surface area contributed by atoms with Crippen molar-refractivity contribution in [2.45, 2.75) is 19.3 Å². The molecule has 1 saturated heterocycles. The first-order chi connectivity index (χ1) is 5.99. The predicted molar refractivity (Wildman–Crippen MR) is 43.6 cm³/mol. The van der Waals surface area contributed by atoms with Gasteiger partial charge < -0.3 is 14.7 Å². The summed E-state index contributed by atoms with van der Waals surface area (Å²) in [4.78, 5) is 29.2. The number of piperidine rings is 1. The first-order valence-electron chi connectivity index (χ1n) is 3.97. The van der Waals surface area contributed by atoms with Crippen LogP contribution in [0.25, 0.3) is 0 Å². The lowest BCUT2D eigenvalue weighted by molar-refractivity contribution is -0.136. The number of hydrogen-bond donors (Lipinski definition) is 2. The van der Waals surface area contributed by atoms with Gasteiger partial charge in [0.1, 0.15) is 6.73 Å². The van der Waals surface area contributed by atoms with Gasteiger partial charge in [-0.05, 0) is 12.8 Å². The van der Waals surface area contributed by atoms with Crippen LogP contribution >= 0.6 is 7.82 Å². The SMILES string of the molecule is O=C1CCCCN1COP(=O)(O)O. The summed E-state index contributed by atoms with van der Waals surface area (Å²) in [6.45, 7) is 0.196. The molecule has 76 valence electrons. The molecule has 0 aliphatic carbocycles. The van der Waals surface area contributed by atoms with Crippen LogP contribution in [0, 0.1) is 0 Å². The highest BCUT2D eigenvalue weighted by molar-refractivity contribution is 7.46. The number of carbonyl (C=O) groups is 1. The van der Waals surface area contributed by atoms with Gasteiger partial charge >= 0.3 is 7.82 Å². The highest BCUT2D eigenvalue weighted by Crippen LogP contribution is 2.35. The summed E-state index contributed by atoms with van der Waals surface area (Å²) in [5, 5.41) is 0. The minimum Gasteiger partial charge on any atom is -0.319 e. The van der Waals surface area contributed by atoms with Gasteiger partial charge in [0.05, 0.1) is 0 Å². The Morgan fingerprint density at radius 1 is 1.46 bits per heavy atom. The zero-order valence-corrected chi connectivity index (χ0v) is 7.94. The van der Waals surface area contributed by atoms with Gasteiger partial charge in [0.25, 0.3) is 0 Å². The van der Waals surface area contributed by atoms with Crippen molar-refractivity contribution >= 4 is 13.7 Å². The second-order valence-corrected chi connectivity index (χ2v) is 4.10. The molecule has 6 nitrogen and oxygen atoms in total. The van der Waals surface area contributed by atoms with E-state index in [0.29, 0.717) is 13.0 Å². The minimum atomic E-state index is -4.45. The van der Waals surface area contributed by atoms with E-state index in [0.717, 1.165) is 12.8 Å². The molecular weight excluding hydrogens is 197 g/mol. The zero-order valence-electron chi connectivity index (χ0n) is 7.05. The van der Waals surface area contributed by atoms with E-state index in [1.807, 2.05) is 0 Å². The fraction of sp³-hybridized carbons (Fsp3) is 0.833. The van der Waals surface area contributed by atoms with Crippen LogP contribution in [0.3, 0.4) is 0 Å². The van der Waals surface area contributed by atoms with E-state index in [2.05, 4.69) is 4.52 Å². The van der Waals surface area contributed by atoms with Crippen LogP contribution in [0.2, 0.25) is 0 Å². The van der Waals surface area contributed by atoms with E-state index in [1.54, 1.807) is 0 Å². The lowest BCUT2D eigenvalue weighted by Crippen LogP contribution is -2.36. The Balaban J connectivity index is 2.35. The highest BCUT2D eigenvalue weighted by Gasteiger charge is 2.21. The third-order valence-corrected chi connectivity index (χ3v) is 2.25. The molecule has 1 aliphatic rings. The molecule has 0 bridgehead atoms. The third-order valence-electron chi connectivity index (χ3n) is 1.80. The molecule has 0 saturated carbocycles. The molecule has 1 fully saturated rings. The number of amides is 1. The van der Waals surface area contributed by atoms with Crippen LogP contribution in [0.4, 0.5) is 0 Å². The fourth-order valence-corrected chi connectivity index (χ4v) is 1.43. The van der Waals surface area contributed by atoms with Crippen LogP contribution in [-0.4, -0.2) is 33.9 Å². The second-order valence-electron chi connectivity index (χ2n) is 2.86. The van der Waals surface area contributed by atoms with E-state index in [4.69, 9.17) is 9.79 Å². The van der Waals surface area contributed by atoms with Gasteiger partial charge in [-0.3, -0.25) is 9.32 Å². The van der Waals surface area contributed by atoms with Crippen molar-refractivity contribution in [1.29, 1.82) is 0 Å². The molecule has 0 aromatic carbocycles. The van der Waals surface area contributed by atoms with Crippen LogP contribution < -0.4 is 0 Å². The maximum Gasteiger partial charge on any atom is 0.471 e.